The van der Waals surface area contributed by atoms with E-state index in [2.05, 4.69) is 16.3 Å². The molecule has 0 amide bonds. The molecule has 0 aliphatic heterocycles. The number of carbonyl (C=O) groups is 1. The van der Waals surface area contributed by atoms with Crippen molar-refractivity contribution in [3.8, 4) is 16.8 Å². The van der Waals surface area contributed by atoms with Gasteiger partial charge < -0.3 is 14.6 Å². The van der Waals surface area contributed by atoms with Gasteiger partial charge in [-0.3, -0.25) is 9.36 Å². The van der Waals surface area contributed by atoms with Crippen molar-refractivity contribution in [1.29, 1.82) is 5.26 Å². The first kappa shape index (κ1) is 28.7. The lowest BCUT2D eigenvalue weighted by Crippen LogP contribution is -2.52. The van der Waals surface area contributed by atoms with Crippen LogP contribution in [0.3, 0.4) is 0 Å². The average molecular weight is 571 g/mol. The number of thiophene rings is 1. The van der Waals surface area contributed by atoms with E-state index in [0.717, 1.165) is 11.3 Å². The van der Waals surface area contributed by atoms with Crippen LogP contribution in [-0.4, -0.2) is 48.9 Å². The minimum absolute atomic E-state index is 0.0507. The van der Waals surface area contributed by atoms with Crippen molar-refractivity contribution in [1.82, 2.24) is 24.1 Å². The van der Waals surface area contributed by atoms with Gasteiger partial charge in [-0.25, -0.2) is 18.5 Å². The number of ether oxygens (including phenoxy) is 2. The Morgan fingerprint density at radius 2 is 1.95 bits per heavy atom. The molecule has 14 heteroatoms. The maximum Gasteiger partial charge on any atom is 0.333 e. The number of aliphatic carboxylic acids is 1. The molecule has 1 aromatic carbocycles. The van der Waals surface area contributed by atoms with Gasteiger partial charge in [-0.2, -0.15) is 15.5 Å². The molecule has 3 heterocycles. The number of aryl methyl sites for hydroxylation is 1. The molecule has 0 aliphatic carbocycles. The zero-order chi connectivity index (χ0) is 29.4. The molecular weight excluding hydrogens is 543 g/mol. The molecule has 3 aromatic heterocycles. The van der Waals surface area contributed by atoms with E-state index in [-0.39, 0.29) is 34.7 Å². The smallest absolute Gasteiger partial charge is 0.333 e. The first-order valence-electron chi connectivity index (χ1n) is 12.2. The Morgan fingerprint density at radius 1 is 1.27 bits per heavy atom. The van der Waals surface area contributed by atoms with Gasteiger partial charge in [0.05, 0.1) is 50.0 Å². The van der Waals surface area contributed by atoms with E-state index in [1.165, 1.54) is 60.9 Å². The van der Waals surface area contributed by atoms with Crippen LogP contribution in [0.1, 0.15) is 38.0 Å². The zero-order valence-corrected chi connectivity index (χ0v) is 23.2. The van der Waals surface area contributed by atoms with E-state index in [9.17, 15) is 29.1 Å². The van der Waals surface area contributed by atoms with Crippen LogP contribution in [-0.2, 0) is 21.6 Å². The summed E-state index contributed by atoms with van der Waals surface area (Å²) in [5, 5.41) is 28.1. The number of nitrogens with zero attached hydrogens (tertiary/aromatic N) is 6. The van der Waals surface area contributed by atoms with Gasteiger partial charge in [-0.15, -0.1) is 4.80 Å². The molecule has 1 unspecified atom stereocenters. The molecule has 210 valence electrons. The fraction of sp³-hybridized carbons (Fsp3) is 0.385. The van der Waals surface area contributed by atoms with Crippen LogP contribution in [0.4, 0.5) is 4.39 Å². The first-order chi connectivity index (χ1) is 18.9. The Labute approximate surface area is 231 Å². The van der Waals surface area contributed by atoms with Crippen molar-refractivity contribution in [2.75, 3.05) is 13.7 Å². The van der Waals surface area contributed by atoms with Crippen molar-refractivity contribution in [2.24, 2.45) is 5.92 Å². The third-order valence-electron chi connectivity index (χ3n) is 6.52. The first-order valence-corrected chi connectivity index (χ1v) is 13.0. The third kappa shape index (κ3) is 5.01. The molecule has 4 rings (SSSR count). The molecule has 12 nitrogen and oxygen atoms in total. The number of nitriles is 1. The highest BCUT2D eigenvalue weighted by Gasteiger charge is 2.36. The number of hydrogen-bond donors (Lipinski definition) is 1. The number of methoxy groups -OCH3 is 1. The summed E-state index contributed by atoms with van der Waals surface area (Å²) in [7, 11) is 1.40. The monoisotopic (exact) mass is 570 g/mol. The topological polar surface area (TPSA) is 154 Å². The van der Waals surface area contributed by atoms with Crippen LogP contribution in [0.25, 0.3) is 15.2 Å². The number of halogens is 1. The van der Waals surface area contributed by atoms with Gasteiger partial charge in [0, 0.05) is 11.1 Å². The molecule has 2 atom stereocenters. The number of benzene rings is 1. The molecule has 40 heavy (non-hydrogen) atoms. The van der Waals surface area contributed by atoms with Gasteiger partial charge in [0.1, 0.15) is 33.0 Å². The van der Waals surface area contributed by atoms with Crippen LogP contribution < -0.4 is 16.0 Å². The van der Waals surface area contributed by atoms with Gasteiger partial charge in [0.15, 0.2) is 0 Å². The van der Waals surface area contributed by atoms with Crippen molar-refractivity contribution in [2.45, 2.75) is 45.9 Å². The molecular formula is C26H27FN6O6S. The number of fused-ring (bicyclic) bond motifs is 1. The highest BCUT2D eigenvalue weighted by molar-refractivity contribution is 7.21. The maximum atomic E-state index is 14.4. The van der Waals surface area contributed by atoms with Gasteiger partial charge >= 0.3 is 11.7 Å². The highest BCUT2D eigenvalue weighted by Crippen LogP contribution is 2.34. The average Bonchev–Trinajstić information content (AvgIpc) is 3.56. The van der Waals surface area contributed by atoms with E-state index in [1.54, 1.807) is 13.8 Å². The molecule has 0 bridgehead atoms. The van der Waals surface area contributed by atoms with Crippen LogP contribution in [0.5, 0.6) is 5.75 Å². The minimum Gasteiger partial charge on any atom is -0.496 e. The number of hydrogen-bond acceptors (Lipinski definition) is 9. The predicted molar refractivity (Wildman–Crippen MR) is 143 cm³/mol. The molecule has 0 fully saturated rings. The standard InChI is InChI=1S/C26H27FN6O6S/c1-14(11-28)13-39-19(17-10-16(27)6-7-18(17)38-5)12-31-23-20(15(2)22(40-23)33-29-8-9-30-33)21(34)32(25(31)37)26(3,4)24(35)36/h6-10,14,19H,12-13H2,1-5H3,(H,35,36)/t14?,19-/m0/s1. The van der Waals surface area contributed by atoms with E-state index in [0.29, 0.717) is 15.1 Å². The van der Waals surface area contributed by atoms with Gasteiger partial charge in [-0.1, -0.05) is 11.3 Å². The number of carboxylic acid groups (broad SMARTS) is 1. The summed E-state index contributed by atoms with van der Waals surface area (Å²) in [4.78, 5) is 41.4. The summed E-state index contributed by atoms with van der Waals surface area (Å²) >= 11 is 1.07. The summed E-state index contributed by atoms with van der Waals surface area (Å²) in [5.74, 6) is -2.21. The lowest BCUT2D eigenvalue weighted by molar-refractivity contribution is -0.146. The number of rotatable bonds is 10. The van der Waals surface area contributed by atoms with E-state index < -0.39 is 40.6 Å². The Bertz CT molecular complexity index is 1730. The molecule has 0 radical (unpaired) electrons. The minimum atomic E-state index is -1.91. The number of aromatic nitrogens is 5. The molecule has 0 spiro atoms. The summed E-state index contributed by atoms with van der Waals surface area (Å²) in [6.07, 6.45) is 1.90. The van der Waals surface area contributed by atoms with Gasteiger partial charge in [-0.05, 0) is 45.9 Å². The van der Waals surface area contributed by atoms with Gasteiger partial charge in [0.25, 0.3) is 5.56 Å². The summed E-state index contributed by atoms with van der Waals surface area (Å²) < 4.78 is 27.8. The van der Waals surface area contributed by atoms with Gasteiger partial charge in [0.2, 0.25) is 0 Å². The Balaban J connectivity index is 2.04. The van der Waals surface area contributed by atoms with Crippen molar-refractivity contribution in [3.05, 3.63) is 68.4 Å². The second-order valence-corrected chi connectivity index (χ2v) is 10.6. The van der Waals surface area contributed by atoms with Crippen LogP contribution in [0.2, 0.25) is 0 Å². The third-order valence-corrected chi connectivity index (χ3v) is 7.81. The second kappa shape index (κ2) is 11.0. The SMILES string of the molecule is COc1ccc(F)cc1[C@H](Cn1c(=O)n(C(C)(C)C(=O)O)c(=O)c2c(C)c(-n3nccn3)sc21)OCC(C)C#N. The Kier molecular flexibility index (Phi) is 7.90. The van der Waals surface area contributed by atoms with E-state index in [4.69, 9.17) is 9.47 Å². The molecule has 4 aromatic rings. The predicted octanol–water partition coefficient (Wildman–Crippen LogP) is 3.00. The number of carboxylic acids is 1. The van der Waals surface area contributed by atoms with Crippen LogP contribution in [0.15, 0.2) is 40.2 Å². The van der Waals surface area contributed by atoms with Crippen LogP contribution in [0, 0.1) is 30.0 Å². The van der Waals surface area contributed by atoms with Crippen LogP contribution >= 0.6 is 11.3 Å². The maximum absolute atomic E-state index is 14.4. The second-order valence-electron chi connectivity index (χ2n) is 9.67. The lowest BCUT2D eigenvalue weighted by Gasteiger charge is -2.26. The molecule has 0 aliphatic rings. The summed E-state index contributed by atoms with van der Waals surface area (Å²) in [5.41, 5.74) is -2.88. The summed E-state index contributed by atoms with van der Waals surface area (Å²) in [6.45, 7) is 5.50. The fourth-order valence-corrected chi connectivity index (χ4v) is 5.48. The molecule has 0 saturated heterocycles. The highest BCUT2D eigenvalue weighted by atomic mass is 32.1. The largest absolute Gasteiger partial charge is 0.496 e. The zero-order valence-electron chi connectivity index (χ0n) is 22.4. The quantitative estimate of drug-likeness (QED) is 0.303. The molecule has 0 saturated carbocycles. The van der Waals surface area contributed by atoms with E-state index >= 15 is 0 Å². The van der Waals surface area contributed by atoms with Crippen molar-refractivity contribution >= 4 is 27.5 Å². The molecule has 1 N–H and O–H groups in total. The van der Waals surface area contributed by atoms with E-state index in [1.807, 2.05) is 0 Å². The fourth-order valence-electron chi connectivity index (χ4n) is 4.26. The normalized spacial score (nSPS) is 13.2. The lowest BCUT2D eigenvalue weighted by atomic mass is 10.1. The Hall–Kier alpha value is -4.35. The Morgan fingerprint density at radius 3 is 2.55 bits per heavy atom. The van der Waals surface area contributed by atoms with Crippen molar-refractivity contribution < 1.29 is 23.8 Å². The van der Waals surface area contributed by atoms with Crippen molar-refractivity contribution in [3.63, 3.8) is 0 Å². The summed E-state index contributed by atoms with van der Waals surface area (Å²) in [6, 6.07) is 5.90.